The minimum absolute atomic E-state index is 0.568. The molecule has 0 spiro atoms. The molecule has 0 aliphatic heterocycles. The summed E-state index contributed by atoms with van der Waals surface area (Å²) >= 11 is 0. The zero-order chi connectivity index (χ0) is 14.3. The molecule has 0 atom stereocenters. The normalized spacial score (nSPS) is 11.4. The molecule has 0 saturated carbocycles. The number of anilines is 1. The number of alkyl halides is 3. The molecule has 0 aliphatic rings. The molecule has 4 heteroatoms. The van der Waals surface area contributed by atoms with Gasteiger partial charge in [-0.25, -0.2) is 0 Å². The van der Waals surface area contributed by atoms with Crippen molar-refractivity contribution in [2.75, 3.05) is 11.9 Å². The molecule has 1 aromatic carbocycles. The smallest absolute Gasteiger partial charge is 0.385 e. The van der Waals surface area contributed by atoms with Crippen molar-refractivity contribution in [2.24, 2.45) is 0 Å². The van der Waals surface area contributed by atoms with Gasteiger partial charge in [0, 0.05) is 12.2 Å². The molecule has 0 radical (unpaired) electrons. The molecule has 1 N–H and O–H groups in total. The molecule has 0 aromatic heterocycles. The SMILES string of the molecule is C=CCCCCCNc1cc(C(F)(F)F)ccc1C. The van der Waals surface area contributed by atoms with E-state index in [9.17, 15) is 13.2 Å². The van der Waals surface area contributed by atoms with Crippen LogP contribution in [0.15, 0.2) is 30.9 Å². The van der Waals surface area contributed by atoms with Crippen LogP contribution in [-0.2, 0) is 6.18 Å². The van der Waals surface area contributed by atoms with E-state index in [2.05, 4.69) is 11.9 Å². The first-order chi connectivity index (χ1) is 8.95. The maximum atomic E-state index is 12.6. The van der Waals surface area contributed by atoms with E-state index in [1.807, 2.05) is 6.08 Å². The maximum Gasteiger partial charge on any atom is 0.416 e. The van der Waals surface area contributed by atoms with Crippen molar-refractivity contribution in [3.63, 3.8) is 0 Å². The summed E-state index contributed by atoms with van der Waals surface area (Å²) in [5.74, 6) is 0. The van der Waals surface area contributed by atoms with Crippen molar-refractivity contribution >= 4 is 5.69 Å². The van der Waals surface area contributed by atoms with Crippen LogP contribution in [0, 0.1) is 6.92 Å². The van der Waals surface area contributed by atoms with Gasteiger partial charge in [-0.2, -0.15) is 13.2 Å². The second kappa shape index (κ2) is 7.22. The van der Waals surface area contributed by atoms with Crippen LogP contribution in [0.25, 0.3) is 0 Å². The number of unbranched alkanes of at least 4 members (excludes halogenated alkanes) is 3. The summed E-state index contributed by atoms with van der Waals surface area (Å²) in [5, 5.41) is 3.08. The fraction of sp³-hybridized carbons (Fsp3) is 0.467. The van der Waals surface area contributed by atoms with Crippen LogP contribution < -0.4 is 5.32 Å². The first kappa shape index (κ1) is 15.6. The minimum atomic E-state index is -4.28. The van der Waals surface area contributed by atoms with Gasteiger partial charge in [-0.15, -0.1) is 6.58 Å². The number of aryl methyl sites for hydroxylation is 1. The molecule has 0 fully saturated rings. The zero-order valence-corrected chi connectivity index (χ0v) is 11.2. The fourth-order valence-electron chi connectivity index (χ4n) is 1.80. The fourth-order valence-corrected chi connectivity index (χ4v) is 1.80. The van der Waals surface area contributed by atoms with Gasteiger partial charge in [-0.05, 0) is 43.9 Å². The van der Waals surface area contributed by atoms with Crippen molar-refractivity contribution in [2.45, 2.75) is 38.8 Å². The predicted octanol–water partition coefficient (Wildman–Crippen LogP) is 5.17. The summed E-state index contributed by atoms with van der Waals surface area (Å²) in [6.07, 6.45) is 1.66. The van der Waals surface area contributed by atoms with E-state index in [1.165, 1.54) is 12.1 Å². The van der Waals surface area contributed by atoms with Crippen LogP contribution >= 0.6 is 0 Å². The molecule has 0 unspecified atom stereocenters. The number of hydrogen-bond acceptors (Lipinski definition) is 1. The quantitative estimate of drug-likeness (QED) is 0.532. The highest BCUT2D eigenvalue weighted by atomic mass is 19.4. The third-order valence-electron chi connectivity index (χ3n) is 2.97. The summed E-state index contributed by atoms with van der Waals surface area (Å²) in [6, 6.07) is 3.80. The maximum absolute atomic E-state index is 12.6. The highest BCUT2D eigenvalue weighted by molar-refractivity contribution is 5.53. The Bertz CT molecular complexity index is 410. The Morgan fingerprint density at radius 1 is 1.21 bits per heavy atom. The number of benzene rings is 1. The van der Waals surface area contributed by atoms with E-state index in [1.54, 1.807) is 6.92 Å². The van der Waals surface area contributed by atoms with Gasteiger partial charge in [-0.3, -0.25) is 0 Å². The first-order valence-electron chi connectivity index (χ1n) is 6.48. The van der Waals surface area contributed by atoms with Gasteiger partial charge in [0.25, 0.3) is 0 Å². The first-order valence-corrected chi connectivity index (χ1v) is 6.48. The zero-order valence-electron chi connectivity index (χ0n) is 11.2. The Morgan fingerprint density at radius 2 is 1.95 bits per heavy atom. The molecule has 0 amide bonds. The molecular weight excluding hydrogens is 251 g/mol. The molecule has 19 heavy (non-hydrogen) atoms. The van der Waals surface area contributed by atoms with E-state index in [0.717, 1.165) is 37.3 Å². The van der Waals surface area contributed by atoms with Gasteiger partial charge in [0.1, 0.15) is 0 Å². The predicted molar refractivity (Wildman–Crippen MR) is 73.3 cm³/mol. The average Bonchev–Trinajstić information content (AvgIpc) is 2.34. The molecule has 106 valence electrons. The third-order valence-corrected chi connectivity index (χ3v) is 2.97. The van der Waals surface area contributed by atoms with Gasteiger partial charge in [0.2, 0.25) is 0 Å². The van der Waals surface area contributed by atoms with Gasteiger partial charge in [-0.1, -0.05) is 18.6 Å². The van der Waals surface area contributed by atoms with E-state index in [4.69, 9.17) is 0 Å². The lowest BCUT2D eigenvalue weighted by atomic mass is 10.1. The molecule has 0 aliphatic carbocycles. The number of rotatable bonds is 7. The number of allylic oxidation sites excluding steroid dienone is 1. The minimum Gasteiger partial charge on any atom is -0.385 e. The van der Waals surface area contributed by atoms with Crippen LogP contribution in [0.5, 0.6) is 0 Å². The Balaban J connectivity index is 2.51. The Morgan fingerprint density at radius 3 is 2.58 bits per heavy atom. The Labute approximate surface area is 112 Å². The monoisotopic (exact) mass is 271 g/mol. The second-order valence-electron chi connectivity index (χ2n) is 4.59. The van der Waals surface area contributed by atoms with Crippen LogP contribution in [0.3, 0.4) is 0 Å². The summed E-state index contributed by atoms with van der Waals surface area (Å²) < 4.78 is 37.8. The highest BCUT2D eigenvalue weighted by Crippen LogP contribution is 2.31. The standard InChI is InChI=1S/C15H20F3N/c1-3-4-5-6-7-10-19-14-11-13(15(16,17)18)9-8-12(14)2/h3,8-9,11,19H,1,4-7,10H2,2H3. The lowest BCUT2D eigenvalue weighted by Gasteiger charge is -2.13. The Kier molecular flexibility index (Phi) is 5.93. The molecule has 0 bridgehead atoms. The average molecular weight is 271 g/mol. The van der Waals surface area contributed by atoms with Gasteiger partial charge < -0.3 is 5.32 Å². The Hall–Kier alpha value is -1.45. The van der Waals surface area contributed by atoms with Gasteiger partial charge in [0.05, 0.1) is 5.56 Å². The van der Waals surface area contributed by atoms with Gasteiger partial charge in [0.15, 0.2) is 0 Å². The summed E-state index contributed by atoms with van der Waals surface area (Å²) in [7, 11) is 0. The molecule has 0 heterocycles. The molecule has 1 nitrogen and oxygen atoms in total. The van der Waals surface area contributed by atoms with Crippen LogP contribution in [0.1, 0.15) is 36.8 Å². The summed E-state index contributed by atoms with van der Waals surface area (Å²) in [5.41, 5.74) is 0.796. The summed E-state index contributed by atoms with van der Waals surface area (Å²) in [4.78, 5) is 0. The van der Waals surface area contributed by atoms with E-state index >= 15 is 0 Å². The lowest BCUT2D eigenvalue weighted by Crippen LogP contribution is -2.08. The van der Waals surface area contributed by atoms with Crippen molar-refractivity contribution in [1.82, 2.24) is 0 Å². The topological polar surface area (TPSA) is 12.0 Å². The molecule has 1 rings (SSSR count). The molecule has 0 saturated heterocycles. The largest absolute Gasteiger partial charge is 0.416 e. The number of hydrogen-bond donors (Lipinski definition) is 1. The van der Waals surface area contributed by atoms with Crippen molar-refractivity contribution in [3.05, 3.63) is 42.0 Å². The van der Waals surface area contributed by atoms with Crippen molar-refractivity contribution in [3.8, 4) is 0 Å². The summed E-state index contributed by atoms with van der Waals surface area (Å²) in [6.45, 7) is 6.15. The van der Waals surface area contributed by atoms with Crippen LogP contribution in [0.4, 0.5) is 18.9 Å². The van der Waals surface area contributed by atoms with E-state index in [0.29, 0.717) is 12.2 Å². The van der Waals surface area contributed by atoms with E-state index in [-0.39, 0.29) is 0 Å². The van der Waals surface area contributed by atoms with Crippen molar-refractivity contribution in [1.29, 1.82) is 0 Å². The highest BCUT2D eigenvalue weighted by Gasteiger charge is 2.30. The van der Waals surface area contributed by atoms with Crippen LogP contribution in [-0.4, -0.2) is 6.54 Å². The van der Waals surface area contributed by atoms with Crippen LogP contribution in [0.2, 0.25) is 0 Å². The third kappa shape index (κ3) is 5.37. The number of halogens is 3. The molecular formula is C15H20F3N. The van der Waals surface area contributed by atoms with Crippen molar-refractivity contribution < 1.29 is 13.2 Å². The van der Waals surface area contributed by atoms with E-state index < -0.39 is 11.7 Å². The lowest BCUT2D eigenvalue weighted by molar-refractivity contribution is -0.137. The molecule has 1 aromatic rings. The number of nitrogens with one attached hydrogen (secondary N) is 1. The second-order valence-corrected chi connectivity index (χ2v) is 4.59. The van der Waals surface area contributed by atoms with Gasteiger partial charge >= 0.3 is 6.18 Å².